The van der Waals surface area contributed by atoms with E-state index in [-0.39, 0.29) is 0 Å². The highest BCUT2D eigenvalue weighted by molar-refractivity contribution is 7.80. The van der Waals surface area contributed by atoms with Crippen molar-refractivity contribution < 1.29 is 4.74 Å². The molecular formula is C21H30N4OS. The Morgan fingerprint density at radius 1 is 1.30 bits per heavy atom. The Labute approximate surface area is 168 Å². The van der Waals surface area contributed by atoms with Crippen molar-refractivity contribution in [1.29, 1.82) is 0 Å². The molecule has 0 spiro atoms. The van der Waals surface area contributed by atoms with Gasteiger partial charge in [-0.1, -0.05) is 31.2 Å². The maximum atomic E-state index is 5.79. The molecule has 0 radical (unpaired) electrons. The number of methoxy groups -OCH3 is 1. The summed E-state index contributed by atoms with van der Waals surface area (Å²) in [6, 6.07) is 8.29. The Kier molecular flexibility index (Phi) is 7.85. The van der Waals surface area contributed by atoms with Crippen molar-refractivity contribution in [2.75, 3.05) is 26.6 Å². The molecule has 2 rings (SSSR count). The number of thiol groups is 1. The van der Waals surface area contributed by atoms with Crippen molar-refractivity contribution in [3.8, 4) is 0 Å². The van der Waals surface area contributed by atoms with E-state index in [2.05, 4.69) is 61.7 Å². The summed E-state index contributed by atoms with van der Waals surface area (Å²) in [5, 5.41) is 4.08. The van der Waals surface area contributed by atoms with E-state index >= 15 is 0 Å². The van der Waals surface area contributed by atoms with Gasteiger partial charge in [-0.2, -0.15) is 17.7 Å². The van der Waals surface area contributed by atoms with Gasteiger partial charge in [0.15, 0.2) is 5.84 Å². The van der Waals surface area contributed by atoms with E-state index in [1.54, 1.807) is 7.11 Å². The minimum Gasteiger partial charge on any atom is -0.495 e. The van der Waals surface area contributed by atoms with Crippen LogP contribution in [0, 0.1) is 0 Å². The van der Waals surface area contributed by atoms with Gasteiger partial charge in [-0.25, -0.2) is 0 Å². The number of hydrogen-bond donors (Lipinski definition) is 2. The first-order chi connectivity index (χ1) is 13.1. The molecule has 5 nitrogen and oxygen atoms in total. The maximum Gasteiger partial charge on any atom is 0.160 e. The van der Waals surface area contributed by atoms with Crippen molar-refractivity contribution >= 4 is 18.5 Å². The smallest absolute Gasteiger partial charge is 0.160 e. The summed E-state index contributed by atoms with van der Waals surface area (Å²) >= 11 is 4.54. The average molecular weight is 387 g/mol. The van der Waals surface area contributed by atoms with Gasteiger partial charge in [0.2, 0.25) is 0 Å². The molecule has 0 unspecified atom stereocenters. The van der Waals surface area contributed by atoms with Crippen LogP contribution in [0.15, 0.2) is 64.7 Å². The maximum absolute atomic E-state index is 5.79. The predicted octanol–water partition coefficient (Wildman–Crippen LogP) is 3.71. The van der Waals surface area contributed by atoms with Crippen molar-refractivity contribution in [3.63, 3.8) is 0 Å². The number of nitrogens with zero attached hydrogens (tertiary/aromatic N) is 3. The van der Waals surface area contributed by atoms with E-state index in [1.165, 1.54) is 5.56 Å². The lowest BCUT2D eigenvalue weighted by atomic mass is 10.1. The zero-order valence-corrected chi connectivity index (χ0v) is 17.5. The molecule has 0 saturated carbocycles. The standard InChI is InChI=1S/C21H30N4OS/c1-5-16-8-7-9-17(14-16)21(23-22)25(15-27)18-10-12-19(24(3)6-2)20(26-4)13-11-18/h7-11,13-14,27H,5-6,12,15,22H2,1-4H3/b23-21-. The first-order valence-electron chi connectivity index (χ1n) is 9.21. The second-order valence-electron chi connectivity index (χ2n) is 6.27. The highest BCUT2D eigenvalue weighted by atomic mass is 32.1. The molecule has 1 aliphatic carbocycles. The number of nitrogens with two attached hydrogens (primary N) is 1. The molecule has 0 fully saturated rings. The number of rotatable bonds is 7. The number of allylic oxidation sites excluding steroid dienone is 3. The molecule has 0 atom stereocenters. The Balaban J connectivity index is 2.38. The van der Waals surface area contributed by atoms with Crippen LogP contribution in [0.5, 0.6) is 0 Å². The average Bonchev–Trinajstić information content (AvgIpc) is 2.93. The van der Waals surface area contributed by atoms with Crippen molar-refractivity contribution in [3.05, 3.63) is 70.8 Å². The lowest BCUT2D eigenvalue weighted by Gasteiger charge is -2.25. The molecule has 2 N–H and O–H groups in total. The third-order valence-electron chi connectivity index (χ3n) is 4.77. The molecule has 0 heterocycles. The molecule has 0 aliphatic heterocycles. The van der Waals surface area contributed by atoms with Crippen LogP contribution in [-0.2, 0) is 11.2 Å². The topological polar surface area (TPSA) is 54.1 Å². The quantitative estimate of drug-likeness (QED) is 0.187. The molecule has 0 amide bonds. The van der Waals surface area contributed by atoms with Gasteiger partial charge in [-0.15, -0.1) is 0 Å². The largest absolute Gasteiger partial charge is 0.495 e. The predicted molar refractivity (Wildman–Crippen MR) is 116 cm³/mol. The van der Waals surface area contributed by atoms with Gasteiger partial charge < -0.3 is 20.4 Å². The number of amidine groups is 1. The van der Waals surface area contributed by atoms with E-state index in [4.69, 9.17) is 10.6 Å². The molecule has 0 saturated heterocycles. The minimum atomic E-state index is 0.462. The Morgan fingerprint density at radius 2 is 2.07 bits per heavy atom. The molecule has 1 aromatic rings. The van der Waals surface area contributed by atoms with Gasteiger partial charge in [0.25, 0.3) is 0 Å². The molecule has 0 aromatic heterocycles. The molecule has 6 heteroatoms. The van der Waals surface area contributed by atoms with Crippen molar-refractivity contribution in [1.82, 2.24) is 9.80 Å². The van der Waals surface area contributed by atoms with Crippen LogP contribution >= 0.6 is 12.6 Å². The van der Waals surface area contributed by atoms with E-state index < -0.39 is 0 Å². The second kappa shape index (κ2) is 10.1. The second-order valence-corrected chi connectivity index (χ2v) is 6.55. The summed E-state index contributed by atoms with van der Waals surface area (Å²) in [5.41, 5.74) is 4.36. The summed E-state index contributed by atoms with van der Waals surface area (Å²) in [7, 11) is 3.77. The Hall–Kier alpha value is -2.34. The highest BCUT2D eigenvalue weighted by Gasteiger charge is 2.19. The van der Waals surface area contributed by atoms with E-state index in [1.807, 2.05) is 29.2 Å². The highest BCUT2D eigenvalue weighted by Crippen LogP contribution is 2.24. The fourth-order valence-electron chi connectivity index (χ4n) is 3.05. The Morgan fingerprint density at radius 3 is 2.67 bits per heavy atom. The van der Waals surface area contributed by atoms with Crippen LogP contribution in [0.25, 0.3) is 0 Å². The molecule has 27 heavy (non-hydrogen) atoms. The van der Waals surface area contributed by atoms with Gasteiger partial charge in [0.05, 0.1) is 18.7 Å². The molecule has 146 valence electrons. The van der Waals surface area contributed by atoms with Gasteiger partial charge in [0.1, 0.15) is 5.76 Å². The first-order valence-corrected chi connectivity index (χ1v) is 9.84. The number of hydrogen-bond acceptors (Lipinski definition) is 5. The first kappa shape index (κ1) is 21.0. The van der Waals surface area contributed by atoms with Crippen LogP contribution in [0.3, 0.4) is 0 Å². The van der Waals surface area contributed by atoms with Gasteiger partial charge in [0, 0.05) is 31.3 Å². The minimum absolute atomic E-state index is 0.462. The third kappa shape index (κ3) is 4.89. The summed E-state index contributed by atoms with van der Waals surface area (Å²) in [4.78, 5) is 4.20. The number of ether oxygens (including phenoxy) is 1. The van der Waals surface area contributed by atoms with Crippen LogP contribution in [0.1, 0.15) is 31.4 Å². The van der Waals surface area contributed by atoms with Crippen LogP contribution < -0.4 is 5.84 Å². The molecule has 1 aromatic carbocycles. The van der Waals surface area contributed by atoms with Gasteiger partial charge in [-0.05, 0) is 37.1 Å². The lowest BCUT2D eigenvalue weighted by Crippen LogP contribution is -2.30. The van der Waals surface area contributed by atoms with Crippen LogP contribution in [0.2, 0.25) is 0 Å². The van der Waals surface area contributed by atoms with E-state index in [9.17, 15) is 0 Å². The van der Waals surface area contributed by atoms with Crippen molar-refractivity contribution in [2.45, 2.75) is 26.7 Å². The normalized spacial score (nSPS) is 14.7. The number of benzene rings is 1. The lowest BCUT2D eigenvalue weighted by molar-refractivity contribution is 0.280. The zero-order chi connectivity index (χ0) is 19.8. The SMILES string of the molecule is CCc1cccc(/C(=N/N)N(CS)C2=CCC(N(C)CC)=C(OC)C=C2)c1. The Bertz CT molecular complexity index is 767. The van der Waals surface area contributed by atoms with Crippen molar-refractivity contribution in [2.24, 2.45) is 10.9 Å². The fourth-order valence-corrected chi connectivity index (χ4v) is 3.35. The summed E-state index contributed by atoms with van der Waals surface area (Å²) in [5.74, 6) is 7.81. The van der Waals surface area contributed by atoms with Crippen LogP contribution in [-0.4, -0.2) is 42.2 Å². The van der Waals surface area contributed by atoms with E-state index in [0.29, 0.717) is 11.7 Å². The number of hydrazone groups is 1. The third-order valence-corrected chi connectivity index (χ3v) is 5.06. The summed E-state index contributed by atoms with van der Waals surface area (Å²) in [6.07, 6.45) is 7.90. The molecule has 1 aliphatic rings. The van der Waals surface area contributed by atoms with E-state index in [0.717, 1.165) is 42.1 Å². The molecular weight excluding hydrogens is 356 g/mol. The van der Waals surface area contributed by atoms with Crippen LogP contribution in [0.4, 0.5) is 0 Å². The number of aryl methyl sites for hydroxylation is 1. The van der Waals surface area contributed by atoms with Gasteiger partial charge in [-0.3, -0.25) is 0 Å². The zero-order valence-electron chi connectivity index (χ0n) is 16.6. The summed E-state index contributed by atoms with van der Waals surface area (Å²) in [6.45, 7) is 5.17. The van der Waals surface area contributed by atoms with Gasteiger partial charge >= 0.3 is 0 Å². The summed E-state index contributed by atoms with van der Waals surface area (Å²) < 4.78 is 5.60. The molecule has 0 bridgehead atoms. The monoisotopic (exact) mass is 386 g/mol. The fraction of sp³-hybridized carbons (Fsp3) is 0.381.